The molecule has 78 valence electrons. The summed E-state index contributed by atoms with van der Waals surface area (Å²) in [4.78, 5) is 10.6. The smallest absolute Gasteiger partial charge is 0.334 e. The van der Waals surface area contributed by atoms with Crippen molar-refractivity contribution in [2.75, 3.05) is 0 Å². The minimum absolute atomic E-state index is 0.368. The predicted molar refractivity (Wildman–Crippen MR) is 55.1 cm³/mol. The van der Waals surface area contributed by atoms with Crippen LogP contribution in [0, 0.1) is 0 Å². The molecule has 1 atom stereocenters. The fourth-order valence-corrected chi connectivity index (χ4v) is 0.269. The van der Waals surface area contributed by atoms with E-state index < -0.39 is 12.2 Å². The Morgan fingerprint density at radius 2 is 1.85 bits per heavy atom. The Bertz CT molecular complexity index is 151. The monoisotopic (exact) mass is 187 g/mol. The third-order valence-corrected chi connectivity index (χ3v) is 1.14. The minimum atomic E-state index is -0.547. The van der Waals surface area contributed by atoms with E-state index in [1.54, 1.807) is 13.8 Å². The molecule has 0 spiro atoms. The van der Waals surface area contributed by atoms with Gasteiger partial charge in [-0.05, 0) is 13.8 Å². The van der Waals surface area contributed by atoms with Crippen molar-refractivity contribution in [3.8, 4) is 0 Å². The fraction of sp³-hybridized carbons (Fsp3) is 0.700. The van der Waals surface area contributed by atoms with Gasteiger partial charge in [-0.2, -0.15) is 0 Å². The van der Waals surface area contributed by atoms with Gasteiger partial charge in [0.05, 0.1) is 0 Å². The normalized spacial score (nSPS) is 10.8. The zero-order valence-corrected chi connectivity index (χ0v) is 9.09. The molecule has 0 rings (SSSR count). The SMILES string of the molecule is C=C(C)C(=O)OC(C)N.CCCC. The van der Waals surface area contributed by atoms with Gasteiger partial charge in [0, 0.05) is 5.57 Å². The predicted octanol–water partition coefficient (Wildman–Crippen LogP) is 2.22. The van der Waals surface area contributed by atoms with Crippen LogP contribution in [0.3, 0.4) is 0 Å². The molecular weight excluding hydrogens is 166 g/mol. The molecule has 0 heterocycles. The third kappa shape index (κ3) is 14.1. The average molecular weight is 187 g/mol. The van der Waals surface area contributed by atoms with Crippen LogP contribution in [-0.4, -0.2) is 12.2 Å². The number of nitrogens with two attached hydrogens (primary N) is 1. The van der Waals surface area contributed by atoms with E-state index >= 15 is 0 Å². The summed E-state index contributed by atoms with van der Waals surface area (Å²) in [6.07, 6.45) is 2.09. The molecule has 0 fully saturated rings. The second kappa shape index (κ2) is 9.26. The largest absolute Gasteiger partial charge is 0.444 e. The fourth-order valence-electron chi connectivity index (χ4n) is 0.269. The van der Waals surface area contributed by atoms with Crippen LogP contribution in [0.4, 0.5) is 0 Å². The lowest BCUT2D eigenvalue weighted by Crippen LogP contribution is -2.23. The first-order valence-corrected chi connectivity index (χ1v) is 4.57. The first-order valence-electron chi connectivity index (χ1n) is 4.57. The number of hydrogen-bond donors (Lipinski definition) is 1. The van der Waals surface area contributed by atoms with Gasteiger partial charge in [0.2, 0.25) is 0 Å². The maximum Gasteiger partial charge on any atom is 0.334 e. The number of esters is 1. The molecule has 3 heteroatoms. The van der Waals surface area contributed by atoms with Crippen molar-refractivity contribution in [1.82, 2.24) is 0 Å². The van der Waals surface area contributed by atoms with E-state index in [4.69, 9.17) is 5.73 Å². The van der Waals surface area contributed by atoms with E-state index in [0.29, 0.717) is 5.57 Å². The summed E-state index contributed by atoms with van der Waals surface area (Å²) in [5.41, 5.74) is 5.51. The maximum absolute atomic E-state index is 10.6. The Labute approximate surface area is 81.0 Å². The summed E-state index contributed by atoms with van der Waals surface area (Å²) >= 11 is 0. The second-order valence-corrected chi connectivity index (χ2v) is 2.89. The molecule has 0 aliphatic rings. The van der Waals surface area contributed by atoms with Crippen molar-refractivity contribution < 1.29 is 9.53 Å². The van der Waals surface area contributed by atoms with Crippen LogP contribution >= 0.6 is 0 Å². The number of ether oxygens (including phenoxy) is 1. The van der Waals surface area contributed by atoms with Gasteiger partial charge in [0.1, 0.15) is 6.23 Å². The molecule has 0 amide bonds. The molecule has 0 aromatic heterocycles. The number of rotatable bonds is 3. The van der Waals surface area contributed by atoms with Gasteiger partial charge in [0.15, 0.2) is 0 Å². The van der Waals surface area contributed by atoms with Crippen molar-refractivity contribution in [2.45, 2.75) is 46.8 Å². The molecule has 3 nitrogen and oxygen atoms in total. The highest BCUT2D eigenvalue weighted by Crippen LogP contribution is 1.92. The molecule has 0 aromatic rings. The lowest BCUT2D eigenvalue weighted by molar-refractivity contribution is -0.143. The highest BCUT2D eigenvalue weighted by Gasteiger charge is 2.03. The van der Waals surface area contributed by atoms with Crippen molar-refractivity contribution in [3.63, 3.8) is 0 Å². The minimum Gasteiger partial charge on any atom is -0.444 e. The topological polar surface area (TPSA) is 52.3 Å². The number of carbonyl (C=O) groups excluding carboxylic acids is 1. The third-order valence-electron chi connectivity index (χ3n) is 1.14. The van der Waals surface area contributed by atoms with Gasteiger partial charge < -0.3 is 4.74 Å². The van der Waals surface area contributed by atoms with Crippen LogP contribution in [0.1, 0.15) is 40.5 Å². The van der Waals surface area contributed by atoms with E-state index in [1.165, 1.54) is 12.8 Å². The van der Waals surface area contributed by atoms with Gasteiger partial charge in [-0.15, -0.1) is 0 Å². The molecule has 0 radical (unpaired) electrons. The highest BCUT2D eigenvalue weighted by molar-refractivity contribution is 5.86. The van der Waals surface area contributed by atoms with Crippen molar-refractivity contribution in [2.24, 2.45) is 5.73 Å². The Kier molecular flexibility index (Phi) is 10.5. The molecule has 0 saturated heterocycles. The molecule has 0 bridgehead atoms. The molecule has 0 saturated carbocycles. The van der Waals surface area contributed by atoms with Gasteiger partial charge in [-0.1, -0.05) is 33.3 Å². The van der Waals surface area contributed by atoms with Gasteiger partial charge >= 0.3 is 5.97 Å². The second-order valence-electron chi connectivity index (χ2n) is 2.89. The van der Waals surface area contributed by atoms with Crippen LogP contribution in [-0.2, 0) is 9.53 Å². The maximum atomic E-state index is 10.6. The molecule has 0 aliphatic carbocycles. The summed E-state index contributed by atoms with van der Waals surface area (Å²) in [6.45, 7) is 10.9. The van der Waals surface area contributed by atoms with Crippen LogP contribution in [0.25, 0.3) is 0 Å². The molecule has 13 heavy (non-hydrogen) atoms. The summed E-state index contributed by atoms with van der Waals surface area (Å²) in [7, 11) is 0. The number of unbranched alkanes of at least 4 members (excludes halogenated alkanes) is 1. The Morgan fingerprint density at radius 1 is 1.46 bits per heavy atom. The van der Waals surface area contributed by atoms with Crippen LogP contribution < -0.4 is 5.73 Å². The summed E-state index contributed by atoms with van der Waals surface area (Å²) in [6, 6.07) is 0. The molecular formula is C10H21NO2. The van der Waals surface area contributed by atoms with Crippen molar-refractivity contribution >= 4 is 5.97 Å². The summed E-state index contributed by atoms with van der Waals surface area (Å²) in [5.74, 6) is -0.440. The Hall–Kier alpha value is -0.830. The highest BCUT2D eigenvalue weighted by atomic mass is 16.6. The van der Waals surface area contributed by atoms with Crippen LogP contribution in [0.2, 0.25) is 0 Å². The number of carbonyl (C=O) groups is 1. The van der Waals surface area contributed by atoms with Gasteiger partial charge in [0.25, 0.3) is 0 Å². The quantitative estimate of drug-likeness (QED) is 0.418. The molecule has 1 unspecified atom stereocenters. The lowest BCUT2D eigenvalue weighted by Gasteiger charge is -2.05. The molecule has 2 N–H and O–H groups in total. The average Bonchev–Trinajstić information content (AvgIpc) is 2.03. The Morgan fingerprint density at radius 3 is 1.92 bits per heavy atom. The van der Waals surface area contributed by atoms with Gasteiger partial charge in [-0.25, -0.2) is 4.79 Å². The van der Waals surface area contributed by atoms with Crippen LogP contribution in [0.5, 0.6) is 0 Å². The van der Waals surface area contributed by atoms with Crippen molar-refractivity contribution in [3.05, 3.63) is 12.2 Å². The lowest BCUT2D eigenvalue weighted by atomic mass is 10.4. The van der Waals surface area contributed by atoms with Crippen LogP contribution in [0.15, 0.2) is 12.2 Å². The standard InChI is InChI=1S/C6H11NO2.C4H10/c1-4(2)6(8)9-5(3)7;1-3-4-2/h5H,1,7H2,2-3H3;3-4H2,1-2H3. The van der Waals surface area contributed by atoms with E-state index in [9.17, 15) is 4.79 Å². The first kappa shape index (κ1) is 14.7. The first-order chi connectivity index (χ1) is 5.95. The Balaban J connectivity index is 0. The van der Waals surface area contributed by atoms with Gasteiger partial charge in [-0.3, -0.25) is 5.73 Å². The van der Waals surface area contributed by atoms with E-state index in [0.717, 1.165) is 0 Å². The summed E-state index contributed by atoms with van der Waals surface area (Å²) < 4.78 is 4.55. The van der Waals surface area contributed by atoms with E-state index in [2.05, 4.69) is 25.2 Å². The zero-order chi connectivity index (χ0) is 10.9. The van der Waals surface area contributed by atoms with E-state index in [-0.39, 0.29) is 0 Å². The summed E-state index contributed by atoms with van der Waals surface area (Å²) in [5, 5.41) is 0. The molecule has 0 aliphatic heterocycles. The van der Waals surface area contributed by atoms with Crippen molar-refractivity contribution in [1.29, 1.82) is 0 Å². The number of hydrogen-bond acceptors (Lipinski definition) is 3. The zero-order valence-electron chi connectivity index (χ0n) is 9.09. The van der Waals surface area contributed by atoms with E-state index in [1.807, 2.05) is 0 Å². The molecule has 0 aromatic carbocycles.